The van der Waals surface area contributed by atoms with E-state index in [0.29, 0.717) is 18.1 Å². The van der Waals surface area contributed by atoms with E-state index in [2.05, 4.69) is 5.32 Å². The zero-order valence-electron chi connectivity index (χ0n) is 14.2. The van der Waals surface area contributed by atoms with Crippen molar-refractivity contribution in [3.63, 3.8) is 0 Å². The molecule has 0 fully saturated rings. The molecule has 0 spiro atoms. The van der Waals surface area contributed by atoms with Crippen LogP contribution in [0.2, 0.25) is 0 Å². The summed E-state index contributed by atoms with van der Waals surface area (Å²) in [6.07, 6.45) is -0.303. The predicted molar refractivity (Wildman–Crippen MR) is 93.0 cm³/mol. The van der Waals surface area contributed by atoms with Gasteiger partial charge < -0.3 is 24.6 Å². The summed E-state index contributed by atoms with van der Waals surface area (Å²) in [7, 11) is 0. The van der Waals surface area contributed by atoms with E-state index in [1.807, 2.05) is 25.1 Å². The quantitative estimate of drug-likeness (QED) is 0.822. The van der Waals surface area contributed by atoms with Gasteiger partial charge in [0.2, 0.25) is 0 Å². The van der Waals surface area contributed by atoms with Crippen molar-refractivity contribution in [1.82, 2.24) is 5.32 Å². The van der Waals surface area contributed by atoms with Gasteiger partial charge in [0.25, 0.3) is 5.91 Å². The van der Waals surface area contributed by atoms with Crippen molar-refractivity contribution in [3.05, 3.63) is 53.6 Å². The molecule has 1 heterocycles. The minimum Gasteiger partial charge on any atom is -0.486 e. The highest BCUT2D eigenvalue weighted by atomic mass is 16.6. The third-order valence-corrected chi connectivity index (χ3v) is 3.82. The molecule has 3 rings (SSSR count). The SMILES string of the molecule is Cc1ccc(C(=O)O)c(OCC(=O)NC[C@@H]2COc3ccccc3O2)c1. The van der Waals surface area contributed by atoms with Crippen LogP contribution in [0.1, 0.15) is 15.9 Å². The first-order chi connectivity index (χ1) is 12.5. The van der Waals surface area contributed by atoms with Crippen LogP contribution in [0.25, 0.3) is 0 Å². The van der Waals surface area contributed by atoms with E-state index in [1.165, 1.54) is 6.07 Å². The van der Waals surface area contributed by atoms with E-state index in [9.17, 15) is 9.59 Å². The van der Waals surface area contributed by atoms with Gasteiger partial charge in [0.05, 0.1) is 6.54 Å². The Balaban J connectivity index is 1.50. The van der Waals surface area contributed by atoms with Crippen molar-refractivity contribution in [2.45, 2.75) is 13.0 Å². The Morgan fingerprint density at radius 3 is 2.77 bits per heavy atom. The highest BCUT2D eigenvalue weighted by Crippen LogP contribution is 2.30. The number of aryl methyl sites for hydroxylation is 1. The van der Waals surface area contributed by atoms with Crippen LogP contribution in [0.15, 0.2) is 42.5 Å². The summed E-state index contributed by atoms with van der Waals surface area (Å²) >= 11 is 0. The van der Waals surface area contributed by atoms with Gasteiger partial charge in [0, 0.05) is 0 Å². The lowest BCUT2D eigenvalue weighted by atomic mass is 10.1. The Bertz CT molecular complexity index is 819. The molecule has 7 nitrogen and oxygen atoms in total. The molecule has 7 heteroatoms. The van der Waals surface area contributed by atoms with Crippen molar-refractivity contribution in [2.24, 2.45) is 0 Å². The molecule has 2 aromatic carbocycles. The van der Waals surface area contributed by atoms with Crippen molar-refractivity contribution in [1.29, 1.82) is 0 Å². The summed E-state index contributed by atoms with van der Waals surface area (Å²) in [5.74, 6) is 0.00938. The van der Waals surface area contributed by atoms with Crippen LogP contribution in [-0.4, -0.2) is 42.8 Å². The lowest BCUT2D eigenvalue weighted by molar-refractivity contribution is -0.123. The molecule has 0 saturated heterocycles. The van der Waals surface area contributed by atoms with E-state index in [0.717, 1.165) is 5.56 Å². The van der Waals surface area contributed by atoms with E-state index in [-0.39, 0.29) is 36.5 Å². The van der Waals surface area contributed by atoms with Gasteiger partial charge in [-0.05, 0) is 36.8 Å². The van der Waals surface area contributed by atoms with Crippen LogP contribution in [0.4, 0.5) is 0 Å². The fourth-order valence-electron chi connectivity index (χ4n) is 2.51. The molecule has 1 atom stereocenters. The Hall–Kier alpha value is -3.22. The minimum absolute atomic E-state index is 0.0176. The van der Waals surface area contributed by atoms with Gasteiger partial charge in [0.1, 0.15) is 24.0 Å². The normalized spacial score (nSPS) is 15.2. The van der Waals surface area contributed by atoms with Crippen LogP contribution in [0.5, 0.6) is 17.2 Å². The van der Waals surface area contributed by atoms with E-state index < -0.39 is 5.97 Å². The van der Waals surface area contributed by atoms with Crippen molar-refractivity contribution in [2.75, 3.05) is 19.8 Å². The molecule has 2 aromatic rings. The fraction of sp³-hybridized carbons (Fsp3) is 0.263. The average molecular weight is 357 g/mol. The van der Waals surface area contributed by atoms with Crippen molar-refractivity contribution >= 4 is 11.9 Å². The lowest BCUT2D eigenvalue weighted by Crippen LogP contribution is -2.42. The molecule has 26 heavy (non-hydrogen) atoms. The summed E-state index contributed by atoms with van der Waals surface area (Å²) in [6, 6.07) is 12.0. The molecule has 1 amide bonds. The van der Waals surface area contributed by atoms with Gasteiger partial charge in [-0.25, -0.2) is 4.79 Å². The van der Waals surface area contributed by atoms with Crippen LogP contribution in [-0.2, 0) is 4.79 Å². The van der Waals surface area contributed by atoms with Gasteiger partial charge in [0.15, 0.2) is 18.1 Å². The highest BCUT2D eigenvalue weighted by molar-refractivity contribution is 5.91. The first-order valence-corrected chi connectivity index (χ1v) is 8.15. The summed E-state index contributed by atoms with van der Waals surface area (Å²) < 4.78 is 16.7. The third-order valence-electron chi connectivity index (χ3n) is 3.82. The molecule has 0 unspecified atom stereocenters. The molecule has 0 aromatic heterocycles. The third kappa shape index (κ3) is 4.24. The minimum atomic E-state index is -1.10. The second kappa shape index (κ2) is 7.77. The van der Waals surface area contributed by atoms with Crippen LogP contribution in [0.3, 0.4) is 0 Å². The highest BCUT2D eigenvalue weighted by Gasteiger charge is 2.21. The number of hydrogen-bond donors (Lipinski definition) is 2. The number of carboxylic acid groups (broad SMARTS) is 1. The molecular formula is C19H19NO6. The molecule has 1 aliphatic rings. The van der Waals surface area contributed by atoms with Crippen LogP contribution in [0, 0.1) is 6.92 Å². The molecule has 0 bridgehead atoms. The number of carbonyl (C=O) groups is 2. The number of carbonyl (C=O) groups excluding carboxylic acids is 1. The van der Waals surface area contributed by atoms with E-state index in [4.69, 9.17) is 19.3 Å². The second-order valence-corrected chi connectivity index (χ2v) is 5.90. The molecule has 0 aliphatic carbocycles. The number of carboxylic acids is 1. The number of amides is 1. The number of hydrogen-bond acceptors (Lipinski definition) is 5. The van der Waals surface area contributed by atoms with Gasteiger partial charge in [-0.3, -0.25) is 4.79 Å². The average Bonchev–Trinajstić information content (AvgIpc) is 2.64. The topological polar surface area (TPSA) is 94.1 Å². The Labute approximate surface area is 150 Å². The largest absolute Gasteiger partial charge is 0.486 e. The van der Waals surface area contributed by atoms with Gasteiger partial charge in [-0.1, -0.05) is 18.2 Å². The van der Waals surface area contributed by atoms with Gasteiger partial charge >= 0.3 is 5.97 Å². The number of aromatic carboxylic acids is 1. The Kier molecular flexibility index (Phi) is 5.26. The molecule has 2 N–H and O–H groups in total. The smallest absolute Gasteiger partial charge is 0.339 e. The van der Waals surface area contributed by atoms with Gasteiger partial charge in [-0.2, -0.15) is 0 Å². The van der Waals surface area contributed by atoms with E-state index in [1.54, 1.807) is 18.2 Å². The lowest BCUT2D eigenvalue weighted by Gasteiger charge is -2.26. The number of fused-ring (bicyclic) bond motifs is 1. The van der Waals surface area contributed by atoms with E-state index >= 15 is 0 Å². The molecular weight excluding hydrogens is 338 g/mol. The summed E-state index contributed by atoms with van der Waals surface area (Å²) in [6.45, 7) is 2.13. The number of benzene rings is 2. The summed E-state index contributed by atoms with van der Waals surface area (Å²) in [5.41, 5.74) is 0.862. The first-order valence-electron chi connectivity index (χ1n) is 8.15. The standard InChI is InChI=1S/C19H19NO6/c1-12-6-7-14(19(22)23)17(8-12)25-11-18(21)20-9-13-10-24-15-4-2-3-5-16(15)26-13/h2-8,13H,9-11H2,1H3,(H,20,21)(H,22,23)/t13-/m1/s1. The zero-order chi connectivity index (χ0) is 18.5. The predicted octanol–water partition coefficient (Wildman–Crippen LogP) is 2.03. The Morgan fingerprint density at radius 1 is 1.23 bits per heavy atom. The number of para-hydroxylation sites is 2. The van der Waals surface area contributed by atoms with Crippen LogP contribution >= 0.6 is 0 Å². The molecule has 136 valence electrons. The number of ether oxygens (including phenoxy) is 3. The van der Waals surface area contributed by atoms with Gasteiger partial charge in [-0.15, -0.1) is 0 Å². The first kappa shape index (κ1) is 17.6. The number of nitrogens with one attached hydrogen (secondary N) is 1. The number of rotatable bonds is 6. The maximum Gasteiger partial charge on any atom is 0.339 e. The molecule has 1 aliphatic heterocycles. The van der Waals surface area contributed by atoms with Crippen molar-refractivity contribution < 1.29 is 28.9 Å². The Morgan fingerprint density at radius 2 is 2.00 bits per heavy atom. The van der Waals surface area contributed by atoms with Crippen LogP contribution < -0.4 is 19.5 Å². The molecule has 0 saturated carbocycles. The fourth-order valence-corrected chi connectivity index (χ4v) is 2.51. The monoisotopic (exact) mass is 357 g/mol. The summed E-state index contributed by atoms with van der Waals surface area (Å²) in [4.78, 5) is 23.2. The maximum absolute atomic E-state index is 12.0. The zero-order valence-corrected chi connectivity index (χ0v) is 14.2. The maximum atomic E-state index is 12.0. The molecule has 0 radical (unpaired) electrons. The summed E-state index contributed by atoms with van der Waals surface area (Å²) in [5, 5.41) is 11.9. The second-order valence-electron chi connectivity index (χ2n) is 5.90. The van der Waals surface area contributed by atoms with Crippen molar-refractivity contribution in [3.8, 4) is 17.2 Å².